The first-order valence-electron chi connectivity index (χ1n) is 5.36. The largest absolute Gasteiger partial charge is 0.464 e. The van der Waals surface area contributed by atoms with Crippen LogP contribution < -0.4 is 10.5 Å². The minimum atomic E-state index is -4.53. The molecule has 3 N–H and O–H groups in total. The van der Waals surface area contributed by atoms with Crippen LogP contribution in [0.1, 0.15) is 23.7 Å². The number of aromatic nitrogens is 1. The number of alkyl halides is 3. The lowest BCUT2D eigenvalue weighted by molar-refractivity contribution is -0.190. The van der Waals surface area contributed by atoms with Crippen LogP contribution >= 0.6 is 0 Å². The Kier molecular flexibility index (Phi) is 4.23. The monoisotopic (exact) mass is 277 g/mol. The van der Waals surface area contributed by atoms with Gasteiger partial charge in [0.25, 0.3) is 0 Å². The fraction of sp³-hybridized carbons (Fsp3) is 0.455. The Morgan fingerprint density at radius 3 is 2.53 bits per heavy atom. The van der Waals surface area contributed by atoms with Crippen molar-refractivity contribution in [2.45, 2.75) is 33.1 Å². The van der Waals surface area contributed by atoms with Crippen molar-refractivity contribution in [3.63, 3.8) is 0 Å². The minimum Gasteiger partial charge on any atom is -0.464 e. The van der Waals surface area contributed by atoms with Crippen LogP contribution in [0.3, 0.4) is 0 Å². The van der Waals surface area contributed by atoms with Crippen molar-refractivity contribution in [3.8, 4) is 5.88 Å². The van der Waals surface area contributed by atoms with E-state index >= 15 is 0 Å². The number of oxime groups is 1. The second kappa shape index (κ2) is 5.33. The van der Waals surface area contributed by atoms with Gasteiger partial charge in [-0.15, -0.1) is 0 Å². The number of hydrogen-bond donors (Lipinski definition) is 2. The molecule has 1 unspecified atom stereocenters. The maximum atomic E-state index is 12.5. The zero-order chi connectivity index (χ0) is 14.8. The molecule has 1 aromatic heterocycles. The average Bonchev–Trinajstić information content (AvgIpc) is 2.26. The van der Waals surface area contributed by atoms with Crippen LogP contribution in [0.15, 0.2) is 11.2 Å². The van der Waals surface area contributed by atoms with Crippen molar-refractivity contribution in [1.82, 2.24) is 4.98 Å². The molecule has 0 saturated carbocycles. The molecular weight excluding hydrogens is 263 g/mol. The van der Waals surface area contributed by atoms with Crippen molar-refractivity contribution in [2.24, 2.45) is 10.9 Å². The van der Waals surface area contributed by atoms with Crippen LogP contribution in [0, 0.1) is 13.8 Å². The molecule has 1 atom stereocenters. The number of rotatable bonds is 3. The summed E-state index contributed by atoms with van der Waals surface area (Å²) in [4.78, 5) is 3.86. The zero-order valence-corrected chi connectivity index (χ0v) is 10.6. The fourth-order valence-electron chi connectivity index (χ4n) is 1.48. The lowest BCUT2D eigenvalue weighted by Crippen LogP contribution is -2.32. The van der Waals surface area contributed by atoms with Gasteiger partial charge in [0.15, 0.2) is 11.9 Å². The van der Waals surface area contributed by atoms with Crippen LogP contribution in [0.5, 0.6) is 5.88 Å². The highest BCUT2D eigenvalue weighted by atomic mass is 19.4. The van der Waals surface area contributed by atoms with Crippen molar-refractivity contribution in [2.75, 3.05) is 0 Å². The lowest BCUT2D eigenvalue weighted by atomic mass is 10.1. The predicted molar refractivity (Wildman–Crippen MR) is 62.4 cm³/mol. The smallest absolute Gasteiger partial charge is 0.425 e. The molecule has 0 aliphatic rings. The van der Waals surface area contributed by atoms with Gasteiger partial charge in [-0.05, 0) is 32.4 Å². The van der Waals surface area contributed by atoms with E-state index < -0.39 is 12.3 Å². The number of ether oxygens (including phenoxy) is 1. The van der Waals surface area contributed by atoms with Gasteiger partial charge in [0.2, 0.25) is 5.88 Å². The molecule has 0 bridgehead atoms. The normalized spacial score (nSPS) is 14.3. The Labute approximate surface area is 107 Å². The van der Waals surface area contributed by atoms with Crippen LogP contribution in [-0.4, -0.2) is 28.3 Å². The summed E-state index contributed by atoms with van der Waals surface area (Å²) in [5.41, 5.74) is 6.45. The highest BCUT2D eigenvalue weighted by Gasteiger charge is 2.39. The Hall–Kier alpha value is -1.99. The molecule has 8 heteroatoms. The third kappa shape index (κ3) is 3.49. The molecule has 0 spiro atoms. The molecule has 0 radical (unpaired) electrons. The van der Waals surface area contributed by atoms with E-state index in [1.165, 1.54) is 0 Å². The predicted octanol–water partition coefficient (Wildman–Crippen LogP) is 2.12. The topological polar surface area (TPSA) is 80.7 Å². The van der Waals surface area contributed by atoms with E-state index in [0.717, 1.165) is 6.92 Å². The lowest BCUT2D eigenvalue weighted by Gasteiger charge is -2.19. The quantitative estimate of drug-likeness (QED) is 0.384. The van der Waals surface area contributed by atoms with Crippen molar-refractivity contribution >= 4 is 5.84 Å². The number of aryl methyl sites for hydroxylation is 2. The molecule has 1 heterocycles. The Balaban J connectivity index is 3.26. The summed E-state index contributed by atoms with van der Waals surface area (Å²) in [7, 11) is 0. The van der Waals surface area contributed by atoms with Gasteiger partial charge in [-0.1, -0.05) is 5.16 Å². The number of hydrogen-bond acceptors (Lipinski definition) is 4. The third-order valence-corrected chi connectivity index (χ3v) is 2.42. The van der Waals surface area contributed by atoms with Gasteiger partial charge < -0.3 is 15.7 Å². The number of amidine groups is 1. The SMILES string of the molecule is Cc1cc(C)c(C(N)=NO)c(OC(C)C(F)(F)F)n1. The van der Waals surface area contributed by atoms with E-state index in [1.54, 1.807) is 19.9 Å². The molecule has 0 aliphatic heterocycles. The number of halogens is 3. The van der Waals surface area contributed by atoms with Gasteiger partial charge >= 0.3 is 6.18 Å². The third-order valence-electron chi connectivity index (χ3n) is 2.42. The van der Waals surface area contributed by atoms with Crippen molar-refractivity contribution in [3.05, 3.63) is 22.9 Å². The van der Waals surface area contributed by atoms with Gasteiger partial charge in [-0.3, -0.25) is 0 Å². The summed E-state index contributed by atoms with van der Waals surface area (Å²) in [5.74, 6) is -0.660. The highest BCUT2D eigenvalue weighted by Crippen LogP contribution is 2.27. The van der Waals surface area contributed by atoms with Crippen molar-refractivity contribution < 1.29 is 23.1 Å². The van der Waals surface area contributed by atoms with Gasteiger partial charge in [0, 0.05) is 5.69 Å². The molecule has 0 aliphatic carbocycles. The van der Waals surface area contributed by atoms with Crippen LogP contribution in [0.4, 0.5) is 13.2 Å². The summed E-state index contributed by atoms with van der Waals surface area (Å²) in [6, 6.07) is 1.60. The maximum absolute atomic E-state index is 12.5. The second-order valence-electron chi connectivity index (χ2n) is 4.05. The minimum absolute atomic E-state index is 0.0456. The van der Waals surface area contributed by atoms with Gasteiger partial charge in [0.05, 0.1) is 5.56 Å². The highest BCUT2D eigenvalue weighted by molar-refractivity contribution is 6.00. The van der Waals surface area contributed by atoms with Crippen LogP contribution in [0.2, 0.25) is 0 Å². The molecule has 106 valence electrons. The summed E-state index contributed by atoms with van der Waals surface area (Å²) >= 11 is 0. The molecular formula is C11H14F3N3O2. The molecule has 5 nitrogen and oxygen atoms in total. The van der Waals surface area contributed by atoms with Crippen LogP contribution in [0.25, 0.3) is 0 Å². The number of nitrogens with zero attached hydrogens (tertiary/aromatic N) is 2. The van der Waals surface area contributed by atoms with Gasteiger partial charge in [-0.25, -0.2) is 4.98 Å². The zero-order valence-electron chi connectivity index (χ0n) is 10.6. The maximum Gasteiger partial charge on any atom is 0.425 e. The molecule has 0 fully saturated rings. The summed E-state index contributed by atoms with van der Waals surface area (Å²) < 4.78 is 42.2. The summed E-state index contributed by atoms with van der Waals surface area (Å²) in [6.45, 7) is 4.07. The number of nitrogens with two attached hydrogens (primary N) is 1. The van der Waals surface area contributed by atoms with E-state index in [9.17, 15) is 13.2 Å². The number of pyridine rings is 1. The Morgan fingerprint density at radius 1 is 1.47 bits per heavy atom. The van der Waals surface area contributed by atoms with E-state index in [0.29, 0.717) is 11.3 Å². The van der Waals surface area contributed by atoms with E-state index in [2.05, 4.69) is 10.1 Å². The Bertz CT molecular complexity index is 501. The Morgan fingerprint density at radius 2 is 2.05 bits per heavy atom. The average molecular weight is 277 g/mol. The summed E-state index contributed by atoms with van der Waals surface area (Å²) in [6.07, 6.45) is -6.58. The molecule has 0 aromatic carbocycles. The van der Waals surface area contributed by atoms with Gasteiger partial charge in [-0.2, -0.15) is 13.2 Å². The van der Waals surface area contributed by atoms with E-state index in [4.69, 9.17) is 15.7 Å². The van der Waals surface area contributed by atoms with Gasteiger partial charge in [0.1, 0.15) is 0 Å². The van der Waals surface area contributed by atoms with Crippen LogP contribution in [-0.2, 0) is 0 Å². The first-order chi connectivity index (χ1) is 8.66. The fourth-order valence-corrected chi connectivity index (χ4v) is 1.48. The first-order valence-corrected chi connectivity index (χ1v) is 5.36. The molecule has 19 heavy (non-hydrogen) atoms. The molecule has 1 aromatic rings. The summed E-state index contributed by atoms with van der Waals surface area (Å²) in [5, 5.41) is 11.4. The molecule has 1 rings (SSSR count). The second-order valence-corrected chi connectivity index (χ2v) is 4.05. The molecule has 0 amide bonds. The molecule has 0 saturated heterocycles. The van der Waals surface area contributed by atoms with E-state index in [1.807, 2.05) is 0 Å². The first kappa shape index (κ1) is 15.1. The van der Waals surface area contributed by atoms with Crippen molar-refractivity contribution in [1.29, 1.82) is 0 Å². The van der Waals surface area contributed by atoms with E-state index in [-0.39, 0.29) is 17.3 Å². The standard InChI is InChI=1S/C11H14F3N3O2/c1-5-4-6(2)16-10(8(5)9(15)17-18)19-7(3)11(12,13)14/h4,7,18H,1-3H3,(H2,15,17).